The van der Waals surface area contributed by atoms with Crippen molar-refractivity contribution < 1.29 is 0 Å². The van der Waals surface area contributed by atoms with Gasteiger partial charge in [0.1, 0.15) is 0 Å². The molecule has 1 atom stereocenters. The Bertz CT molecular complexity index is 502. The van der Waals surface area contributed by atoms with Crippen LogP contribution in [0.5, 0.6) is 0 Å². The minimum absolute atomic E-state index is 0.347. The van der Waals surface area contributed by atoms with Crippen LogP contribution in [0.3, 0.4) is 0 Å². The molecule has 0 bridgehead atoms. The third-order valence-corrected chi connectivity index (χ3v) is 3.34. The van der Waals surface area contributed by atoms with Crippen LogP contribution in [0.2, 0.25) is 0 Å². The molecule has 1 aromatic carbocycles. The van der Waals surface area contributed by atoms with Crippen molar-refractivity contribution in [3.8, 4) is 5.69 Å². The molecule has 2 rings (SSSR count). The molecular formula is C17H25N3. The van der Waals surface area contributed by atoms with E-state index in [0.717, 1.165) is 30.8 Å². The summed E-state index contributed by atoms with van der Waals surface area (Å²) in [6, 6.07) is 12.7. The van der Waals surface area contributed by atoms with Crippen molar-refractivity contribution in [3.05, 3.63) is 48.3 Å². The Morgan fingerprint density at radius 1 is 1.15 bits per heavy atom. The Hall–Kier alpha value is -1.61. The number of para-hydroxylation sites is 1. The highest BCUT2D eigenvalue weighted by molar-refractivity contribution is 5.30. The molecule has 0 fully saturated rings. The van der Waals surface area contributed by atoms with Gasteiger partial charge in [-0.2, -0.15) is 5.10 Å². The van der Waals surface area contributed by atoms with Crippen LogP contribution in [0, 0.1) is 5.92 Å². The van der Waals surface area contributed by atoms with Crippen molar-refractivity contribution in [2.24, 2.45) is 5.92 Å². The molecule has 20 heavy (non-hydrogen) atoms. The van der Waals surface area contributed by atoms with E-state index < -0.39 is 0 Å². The van der Waals surface area contributed by atoms with E-state index in [1.807, 2.05) is 29.1 Å². The van der Waals surface area contributed by atoms with Crippen LogP contribution in [0.1, 0.15) is 45.3 Å². The van der Waals surface area contributed by atoms with Crippen LogP contribution in [0.4, 0.5) is 0 Å². The fourth-order valence-corrected chi connectivity index (χ4v) is 2.35. The average Bonchev–Trinajstić information content (AvgIpc) is 2.94. The van der Waals surface area contributed by atoms with E-state index in [4.69, 9.17) is 5.10 Å². The quantitative estimate of drug-likeness (QED) is 0.826. The van der Waals surface area contributed by atoms with Crippen molar-refractivity contribution in [1.82, 2.24) is 15.1 Å². The maximum Gasteiger partial charge on any atom is 0.0798 e. The number of nitrogens with one attached hydrogen (secondary N) is 1. The van der Waals surface area contributed by atoms with Crippen molar-refractivity contribution in [1.29, 1.82) is 0 Å². The average molecular weight is 271 g/mol. The molecule has 0 aliphatic rings. The molecule has 3 heteroatoms. The van der Waals surface area contributed by atoms with E-state index in [0.29, 0.717) is 12.0 Å². The maximum absolute atomic E-state index is 4.74. The number of hydrogen-bond donors (Lipinski definition) is 1. The summed E-state index contributed by atoms with van der Waals surface area (Å²) >= 11 is 0. The van der Waals surface area contributed by atoms with E-state index in [1.54, 1.807) is 0 Å². The van der Waals surface area contributed by atoms with Gasteiger partial charge in [0, 0.05) is 6.20 Å². The molecule has 0 amide bonds. The van der Waals surface area contributed by atoms with Gasteiger partial charge in [-0.25, -0.2) is 4.68 Å². The van der Waals surface area contributed by atoms with Crippen LogP contribution in [-0.4, -0.2) is 16.3 Å². The standard InChI is InChI=1S/C17H25N3/c1-4-11-18-17(13-14(2)3)16-10-12-20(19-16)15-8-6-5-7-9-15/h5-10,12,14,17-18H,4,11,13H2,1-3H3. The summed E-state index contributed by atoms with van der Waals surface area (Å²) in [5, 5.41) is 8.35. The second-order valence-electron chi connectivity index (χ2n) is 5.66. The summed E-state index contributed by atoms with van der Waals surface area (Å²) in [7, 11) is 0. The SMILES string of the molecule is CCCNC(CC(C)C)c1ccn(-c2ccccc2)n1. The molecule has 3 nitrogen and oxygen atoms in total. The van der Waals surface area contributed by atoms with Crippen LogP contribution in [-0.2, 0) is 0 Å². The summed E-state index contributed by atoms with van der Waals surface area (Å²) < 4.78 is 1.95. The Balaban J connectivity index is 2.15. The third kappa shape index (κ3) is 3.94. The summed E-state index contributed by atoms with van der Waals surface area (Å²) in [6.07, 6.45) is 4.31. The van der Waals surface area contributed by atoms with Crippen LogP contribution in [0.25, 0.3) is 5.69 Å². The van der Waals surface area contributed by atoms with Gasteiger partial charge in [0.05, 0.1) is 17.4 Å². The Morgan fingerprint density at radius 3 is 2.55 bits per heavy atom. The van der Waals surface area contributed by atoms with Crippen molar-refractivity contribution in [2.45, 2.75) is 39.7 Å². The monoisotopic (exact) mass is 271 g/mol. The molecule has 0 radical (unpaired) electrons. The second-order valence-corrected chi connectivity index (χ2v) is 5.66. The summed E-state index contributed by atoms with van der Waals surface area (Å²) in [5.74, 6) is 0.659. The van der Waals surface area contributed by atoms with Gasteiger partial charge in [0.15, 0.2) is 0 Å². The first-order chi connectivity index (χ1) is 9.70. The van der Waals surface area contributed by atoms with E-state index >= 15 is 0 Å². The largest absolute Gasteiger partial charge is 0.309 e. The lowest BCUT2D eigenvalue weighted by Crippen LogP contribution is -2.24. The number of aromatic nitrogens is 2. The van der Waals surface area contributed by atoms with Gasteiger partial charge in [0.2, 0.25) is 0 Å². The molecule has 108 valence electrons. The van der Waals surface area contributed by atoms with E-state index in [2.05, 4.69) is 44.3 Å². The van der Waals surface area contributed by atoms with Gasteiger partial charge in [-0.15, -0.1) is 0 Å². The minimum atomic E-state index is 0.347. The molecule has 1 unspecified atom stereocenters. The van der Waals surface area contributed by atoms with Gasteiger partial charge in [-0.3, -0.25) is 0 Å². The predicted octanol–water partition coefficient (Wildman–Crippen LogP) is 3.96. The van der Waals surface area contributed by atoms with Gasteiger partial charge >= 0.3 is 0 Å². The molecule has 1 N–H and O–H groups in total. The Labute approximate surface area is 122 Å². The zero-order valence-electron chi connectivity index (χ0n) is 12.7. The second kappa shape index (κ2) is 7.25. The smallest absolute Gasteiger partial charge is 0.0798 e. The van der Waals surface area contributed by atoms with Crippen LogP contribution in [0.15, 0.2) is 42.6 Å². The number of rotatable bonds is 7. The maximum atomic E-state index is 4.74. The van der Waals surface area contributed by atoms with E-state index in [-0.39, 0.29) is 0 Å². The summed E-state index contributed by atoms with van der Waals surface area (Å²) in [6.45, 7) is 7.75. The lowest BCUT2D eigenvalue weighted by atomic mass is 10.0. The van der Waals surface area contributed by atoms with Crippen LogP contribution >= 0.6 is 0 Å². The minimum Gasteiger partial charge on any atom is -0.309 e. The zero-order chi connectivity index (χ0) is 14.4. The zero-order valence-corrected chi connectivity index (χ0v) is 12.7. The fourth-order valence-electron chi connectivity index (χ4n) is 2.35. The number of nitrogens with zero attached hydrogens (tertiary/aromatic N) is 2. The summed E-state index contributed by atoms with van der Waals surface area (Å²) in [5.41, 5.74) is 2.24. The highest BCUT2D eigenvalue weighted by atomic mass is 15.3. The fraction of sp³-hybridized carbons (Fsp3) is 0.471. The van der Waals surface area contributed by atoms with Crippen molar-refractivity contribution >= 4 is 0 Å². The molecule has 1 heterocycles. The molecule has 0 aliphatic heterocycles. The Kier molecular flexibility index (Phi) is 5.36. The van der Waals surface area contributed by atoms with E-state index in [9.17, 15) is 0 Å². The predicted molar refractivity (Wildman–Crippen MR) is 84.1 cm³/mol. The van der Waals surface area contributed by atoms with Gasteiger partial charge in [0.25, 0.3) is 0 Å². The Morgan fingerprint density at radius 2 is 1.90 bits per heavy atom. The topological polar surface area (TPSA) is 29.9 Å². The van der Waals surface area contributed by atoms with Crippen molar-refractivity contribution in [2.75, 3.05) is 6.54 Å². The van der Waals surface area contributed by atoms with Gasteiger partial charge in [-0.05, 0) is 43.5 Å². The number of hydrogen-bond acceptors (Lipinski definition) is 2. The first-order valence-corrected chi connectivity index (χ1v) is 7.55. The first kappa shape index (κ1) is 14.8. The molecule has 0 saturated heterocycles. The number of benzene rings is 1. The lowest BCUT2D eigenvalue weighted by Gasteiger charge is -2.18. The van der Waals surface area contributed by atoms with E-state index in [1.165, 1.54) is 0 Å². The van der Waals surface area contributed by atoms with Gasteiger partial charge in [-0.1, -0.05) is 39.0 Å². The first-order valence-electron chi connectivity index (χ1n) is 7.55. The molecule has 0 saturated carbocycles. The summed E-state index contributed by atoms with van der Waals surface area (Å²) in [4.78, 5) is 0. The normalized spacial score (nSPS) is 12.8. The van der Waals surface area contributed by atoms with Gasteiger partial charge < -0.3 is 5.32 Å². The molecule has 0 aliphatic carbocycles. The highest BCUT2D eigenvalue weighted by Gasteiger charge is 2.15. The molecule has 0 spiro atoms. The third-order valence-electron chi connectivity index (χ3n) is 3.34. The molecular weight excluding hydrogens is 246 g/mol. The highest BCUT2D eigenvalue weighted by Crippen LogP contribution is 2.20. The molecule has 1 aromatic heterocycles. The lowest BCUT2D eigenvalue weighted by molar-refractivity contribution is 0.421. The molecule has 2 aromatic rings. The van der Waals surface area contributed by atoms with Crippen LogP contribution < -0.4 is 5.32 Å². The van der Waals surface area contributed by atoms with Crippen molar-refractivity contribution in [3.63, 3.8) is 0 Å².